The Hall–Kier alpha value is -4.88. The van der Waals surface area contributed by atoms with Crippen molar-refractivity contribution < 1.29 is 17.7 Å². The maximum Gasteiger partial charge on any atom is 0.263 e. The van der Waals surface area contributed by atoms with E-state index in [1.165, 1.54) is 42.2 Å². The number of methoxy groups -OCH3 is 1. The number of pyridine rings is 1. The molecule has 0 bridgehead atoms. The van der Waals surface area contributed by atoms with Crippen molar-refractivity contribution >= 4 is 26.7 Å². The van der Waals surface area contributed by atoms with Crippen LogP contribution in [0.4, 0.5) is 5.82 Å². The van der Waals surface area contributed by atoms with Crippen molar-refractivity contribution in [2.24, 2.45) is 0 Å². The summed E-state index contributed by atoms with van der Waals surface area (Å²) in [6, 6.07) is 23.4. The van der Waals surface area contributed by atoms with Crippen LogP contribution in [-0.4, -0.2) is 25.3 Å². The molecule has 2 aromatic heterocycles. The third-order valence-electron chi connectivity index (χ3n) is 5.60. The fourth-order valence-corrected chi connectivity index (χ4v) is 4.94. The Bertz CT molecular complexity index is 1800. The summed E-state index contributed by atoms with van der Waals surface area (Å²) < 4.78 is 39.7. The van der Waals surface area contributed by atoms with E-state index in [1.807, 2.05) is 12.1 Å². The molecule has 0 fully saturated rings. The molecule has 178 valence electrons. The smallest absolute Gasteiger partial charge is 0.263 e. The average molecular weight is 499 g/mol. The molecule has 0 aliphatic heterocycles. The minimum absolute atomic E-state index is 0.00256. The average Bonchev–Trinajstić information content (AvgIpc) is 3.40. The standard InChI is InChI=1S/C26H18N4O5S/c1-34-24-9-5-19(18-4-2-3-17(13-18)16-27)15-23(24)30-22-8-7-21(14-20(22)6-10-26(30)31)36(32,33)29-25-11-12-35-28-25/h2-15H,1H3,(H,28,29). The molecule has 9 nitrogen and oxygen atoms in total. The Morgan fingerprint density at radius 1 is 1.00 bits per heavy atom. The molecular weight excluding hydrogens is 480 g/mol. The topological polar surface area (TPSA) is 127 Å². The summed E-state index contributed by atoms with van der Waals surface area (Å²) >= 11 is 0. The molecule has 10 heteroatoms. The van der Waals surface area contributed by atoms with Crippen LogP contribution in [0, 0.1) is 11.3 Å². The molecule has 0 aliphatic carbocycles. The summed E-state index contributed by atoms with van der Waals surface area (Å²) in [7, 11) is -2.43. The van der Waals surface area contributed by atoms with E-state index < -0.39 is 10.0 Å². The van der Waals surface area contributed by atoms with E-state index in [0.29, 0.717) is 27.9 Å². The number of hydrogen-bond donors (Lipinski definition) is 1. The number of rotatable bonds is 6. The zero-order valence-electron chi connectivity index (χ0n) is 18.9. The normalized spacial score (nSPS) is 11.2. The first-order valence-electron chi connectivity index (χ1n) is 10.7. The zero-order chi connectivity index (χ0) is 25.3. The molecule has 0 saturated carbocycles. The molecule has 0 amide bonds. The van der Waals surface area contributed by atoms with E-state index in [9.17, 15) is 18.5 Å². The highest BCUT2D eigenvalue weighted by atomic mass is 32.2. The molecule has 2 heterocycles. The zero-order valence-corrected chi connectivity index (χ0v) is 19.7. The van der Waals surface area contributed by atoms with Crippen LogP contribution in [0.25, 0.3) is 27.7 Å². The maximum absolute atomic E-state index is 13.1. The minimum Gasteiger partial charge on any atom is -0.495 e. The second-order valence-corrected chi connectivity index (χ2v) is 9.48. The second-order valence-electron chi connectivity index (χ2n) is 7.80. The number of ether oxygens (including phenoxy) is 1. The Labute approximate surface area is 205 Å². The van der Waals surface area contributed by atoms with Gasteiger partial charge < -0.3 is 9.26 Å². The number of nitriles is 1. The first-order valence-corrected chi connectivity index (χ1v) is 12.2. The highest BCUT2D eigenvalue weighted by Gasteiger charge is 2.18. The number of anilines is 1. The summed E-state index contributed by atoms with van der Waals surface area (Å²) in [4.78, 5) is 13.1. The highest BCUT2D eigenvalue weighted by molar-refractivity contribution is 7.92. The van der Waals surface area contributed by atoms with Crippen molar-refractivity contribution in [3.8, 4) is 28.6 Å². The van der Waals surface area contributed by atoms with Gasteiger partial charge >= 0.3 is 0 Å². The molecule has 3 aromatic carbocycles. The van der Waals surface area contributed by atoms with Gasteiger partial charge in [0.1, 0.15) is 12.0 Å². The number of fused-ring (bicyclic) bond motifs is 1. The minimum atomic E-state index is -3.94. The van der Waals surface area contributed by atoms with Gasteiger partial charge in [0, 0.05) is 17.5 Å². The van der Waals surface area contributed by atoms with Gasteiger partial charge in [-0.3, -0.25) is 14.1 Å². The molecule has 0 atom stereocenters. The van der Waals surface area contributed by atoms with E-state index in [2.05, 4.69) is 20.5 Å². The Balaban J connectivity index is 1.66. The predicted octanol–water partition coefficient (Wildman–Crippen LogP) is 4.33. The van der Waals surface area contributed by atoms with Gasteiger partial charge in [0.25, 0.3) is 15.6 Å². The van der Waals surface area contributed by atoms with E-state index in [4.69, 9.17) is 4.74 Å². The van der Waals surface area contributed by atoms with Gasteiger partial charge in [-0.15, -0.1) is 0 Å². The molecule has 1 N–H and O–H groups in total. The number of benzene rings is 3. The van der Waals surface area contributed by atoms with Crippen LogP contribution in [0.1, 0.15) is 5.56 Å². The van der Waals surface area contributed by atoms with Crippen molar-refractivity contribution in [3.63, 3.8) is 0 Å². The number of nitrogens with one attached hydrogen (secondary N) is 1. The van der Waals surface area contributed by atoms with Crippen LogP contribution >= 0.6 is 0 Å². The molecule has 5 rings (SSSR count). The second kappa shape index (κ2) is 9.05. The van der Waals surface area contributed by atoms with Gasteiger partial charge in [-0.1, -0.05) is 23.4 Å². The van der Waals surface area contributed by atoms with Crippen LogP contribution in [0.2, 0.25) is 0 Å². The fraction of sp³-hybridized carbons (Fsp3) is 0.0385. The SMILES string of the molecule is COc1ccc(-c2cccc(C#N)c2)cc1-n1c(=O)ccc2cc(S(=O)(=O)Nc3ccon3)ccc21. The number of nitrogens with zero attached hydrogens (tertiary/aromatic N) is 3. The molecule has 0 spiro atoms. The van der Waals surface area contributed by atoms with Gasteiger partial charge in [-0.25, -0.2) is 8.42 Å². The lowest BCUT2D eigenvalue weighted by Crippen LogP contribution is -2.19. The lowest BCUT2D eigenvalue weighted by molar-refractivity contribution is 0.413. The fourth-order valence-electron chi connectivity index (χ4n) is 3.91. The van der Waals surface area contributed by atoms with Crippen LogP contribution in [0.15, 0.2) is 99.3 Å². The summed E-state index contributed by atoms with van der Waals surface area (Å²) in [5.41, 5.74) is 2.75. The molecule has 0 radical (unpaired) electrons. The molecule has 5 aromatic rings. The van der Waals surface area contributed by atoms with Crippen molar-refractivity contribution in [2.45, 2.75) is 4.90 Å². The number of hydrogen-bond acceptors (Lipinski definition) is 7. The van der Waals surface area contributed by atoms with Gasteiger partial charge in [-0.05, 0) is 59.7 Å². The van der Waals surface area contributed by atoms with E-state index >= 15 is 0 Å². The van der Waals surface area contributed by atoms with Crippen molar-refractivity contribution in [1.82, 2.24) is 9.72 Å². The molecular formula is C26H18N4O5S. The van der Waals surface area contributed by atoms with Crippen LogP contribution in [0.5, 0.6) is 5.75 Å². The van der Waals surface area contributed by atoms with Gasteiger partial charge in [0.15, 0.2) is 5.82 Å². The third-order valence-corrected chi connectivity index (χ3v) is 6.95. The van der Waals surface area contributed by atoms with E-state index in [1.54, 1.807) is 42.5 Å². The molecule has 0 unspecified atom stereocenters. The lowest BCUT2D eigenvalue weighted by atomic mass is 10.0. The van der Waals surface area contributed by atoms with Crippen LogP contribution in [0.3, 0.4) is 0 Å². The monoisotopic (exact) mass is 498 g/mol. The lowest BCUT2D eigenvalue weighted by Gasteiger charge is -2.16. The van der Waals surface area contributed by atoms with Gasteiger partial charge in [-0.2, -0.15) is 5.26 Å². The quantitative estimate of drug-likeness (QED) is 0.369. The van der Waals surface area contributed by atoms with Gasteiger partial charge in [0.05, 0.1) is 34.8 Å². The van der Waals surface area contributed by atoms with Crippen molar-refractivity contribution in [3.05, 3.63) is 101 Å². The first kappa shape index (κ1) is 22.9. The van der Waals surface area contributed by atoms with E-state index in [-0.39, 0.29) is 16.3 Å². The molecule has 0 saturated heterocycles. The number of sulfonamides is 1. The van der Waals surface area contributed by atoms with Crippen molar-refractivity contribution in [2.75, 3.05) is 11.8 Å². The Morgan fingerprint density at radius 2 is 1.83 bits per heavy atom. The van der Waals surface area contributed by atoms with E-state index in [0.717, 1.165) is 11.1 Å². The van der Waals surface area contributed by atoms with Crippen molar-refractivity contribution in [1.29, 1.82) is 5.26 Å². The Kier molecular flexibility index (Phi) is 5.76. The maximum atomic E-state index is 13.1. The third kappa shape index (κ3) is 4.19. The highest BCUT2D eigenvalue weighted by Crippen LogP contribution is 2.31. The van der Waals surface area contributed by atoms with Gasteiger partial charge in [0.2, 0.25) is 0 Å². The summed E-state index contributed by atoms with van der Waals surface area (Å²) in [6.45, 7) is 0. The first-order chi connectivity index (χ1) is 17.4. The summed E-state index contributed by atoms with van der Waals surface area (Å²) in [5, 5.41) is 13.4. The van der Waals surface area contributed by atoms with Crippen LogP contribution in [-0.2, 0) is 10.0 Å². The Morgan fingerprint density at radius 3 is 2.58 bits per heavy atom. The summed E-state index contributed by atoms with van der Waals surface area (Å²) in [6.07, 6.45) is 1.26. The molecule has 0 aliphatic rings. The largest absolute Gasteiger partial charge is 0.495 e. The van der Waals surface area contributed by atoms with Crippen LogP contribution < -0.4 is 15.0 Å². The predicted molar refractivity (Wildman–Crippen MR) is 134 cm³/mol. The molecule has 36 heavy (non-hydrogen) atoms. The number of aromatic nitrogens is 2. The summed E-state index contributed by atoms with van der Waals surface area (Å²) in [5.74, 6) is 0.510.